The van der Waals surface area contributed by atoms with Crippen molar-refractivity contribution in [3.05, 3.63) is 12.7 Å². The zero-order valence-corrected chi connectivity index (χ0v) is 15.2. The van der Waals surface area contributed by atoms with Crippen LogP contribution in [-0.4, -0.2) is 61.3 Å². The molecular weight excluding hydrogens is 549 g/mol. The van der Waals surface area contributed by atoms with Gasteiger partial charge in [0.15, 0.2) is 0 Å². The summed E-state index contributed by atoms with van der Waals surface area (Å²) in [6.07, 6.45) is -8.23. The molecule has 0 radical (unpaired) electrons. The second-order valence-corrected chi connectivity index (χ2v) is 7.36. The van der Waals surface area contributed by atoms with E-state index in [4.69, 9.17) is 0 Å². The van der Waals surface area contributed by atoms with E-state index in [9.17, 15) is 87.8 Å². The van der Waals surface area contributed by atoms with Crippen LogP contribution in [0.4, 0.5) is 74.6 Å². The Bertz CT molecular complexity index is 888. The second-order valence-electron chi connectivity index (χ2n) is 5.63. The molecule has 0 aliphatic rings. The van der Waals surface area contributed by atoms with E-state index >= 15 is 0 Å². The average molecular weight is 553 g/mol. The molecule has 0 bridgehead atoms. The first-order valence-electron chi connectivity index (χ1n) is 6.86. The first-order valence-corrected chi connectivity index (χ1v) is 8.34. The van der Waals surface area contributed by atoms with Crippen molar-refractivity contribution in [2.45, 2.75) is 47.0 Å². The number of rotatable bonds is 9. The highest BCUT2D eigenvalue weighted by Crippen LogP contribution is 2.64. The van der Waals surface area contributed by atoms with Crippen LogP contribution in [0.2, 0.25) is 0 Å². The van der Waals surface area contributed by atoms with Gasteiger partial charge in [0.1, 0.15) is 0 Å². The number of hydrogen-bond acceptors (Lipinski definition) is 3. The first-order chi connectivity index (χ1) is 14.0. The summed E-state index contributed by atoms with van der Waals surface area (Å²) in [6, 6.07) is 0. The van der Waals surface area contributed by atoms with Crippen molar-refractivity contribution in [2.75, 3.05) is 0 Å². The van der Waals surface area contributed by atoms with Crippen LogP contribution in [0, 0.1) is 0 Å². The van der Waals surface area contributed by atoms with Crippen LogP contribution in [0.3, 0.4) is 0 Å². The minimum Gasteiger partial charge on any atom is -0.269 e. The highest BCUT2D eigenvalue weighted by Gasteiger charge is 2.96. The molecule has 0 aromatic heterocycles. The summed E-state index contributed by atoms with van der Waals surface area (Å²) >= 11 is 0. The smallest absolute Gasteiger partial charge is 0.269 e. The van der Waals surface area contributed by atoms with Crippen LogP contribution < -0.4 is 4.72 Å². The number of amides is 1. The quantitative estimate of drug-likeness (QED) is 0.336. The second kappa shape index (κ2) is 7.75. The van der Waals surface area contributed by atoms with E-state index in [-0.39, 0.29) is 10.8 Å². The lowest BCUT2D eigenvalue weighted by Gasteiger charge is -2.42. The Hall–Kier alpha value is -2.03. The molecule has 196 valence electrons. The third kappa shape index (κ3) is 3.96. The first kappa shape index (κ1) is 31.0. The molecule has 0 unspecified atom stereocenters. The summed E-state index contributed by atoms with van der Waals surface area (Å²) in [5.74, 6) is -54.6. The van der Waals surface area contributed by atoms with Gasteiger partial charge in [0.2, 0.25) is 0 Å². The number of alkyl halides is 17. The van der Waals surface area contributed by atoms with Gasteiger partial charge in [-0.15, -0.1) is 0 Å². The monoisotopic (exact) mass is 553 g/mol. The Balaban J connectivity index is 6.95. The zero-order valence-electron chi connectivity index (χ0n) is 14.3. The van der Waals surface area contributed by atoms with E-state index in [1.54, 1.807) is 0 Å². The maximum Gasteiger partial charge on any atom is 0.460 e. The predicted octanol–water partition coefficient (Wildman–Crippen LogP) is 4.59. The van der Waals surface area contributed by atoms with Gasteiger partial charge in [-0.1, -0.05) is 6.58 Å². The van der Waals surface area contributed by atoms with Gasteiger partial charge in [0, 0.05) is 0 Å². The van der Waals surface area contributed by atoms with Gasteiger partial charge in [0.05, 0.1) is 0 Å². The highest BCUT2D eigenvalue weighted by atomic mass is 32.2. The standard InChI is InChI=1S/C11H4F17NO3S/c1-2-3(30)29-33(31,32)11(27,28)9(22,23)7(18,19)5(14,15)4(12,13)6(16,17)8(20,21)10(24,25)26/h2H,1H2,(H,29,30). The molecule has 0 aliphatic carbocycles. The van der Waals surface area contributed by atoms with Crippen molar-refractivity contribution < 1.29 is 87.8 Å². The Kier molecular flexibility index (Phi) is 7.27. The molecule has 1 amide bonds. The lowest BCUT2D eigenvalue weighted by Crippen LogP contribution is -2.75. The van der Waals surface area contributed by atoms with Gasteiger partial charge < -0.3 is 0 Å². The summed E-state index contributed by atoms with van der Waals surface area (Å²) in [4.78, 5) is 10.6. The molecule has 1 N–H and O–H groups in total. The van der Waals surface area contributed by atoms with Crippen LogP contribution in [0.15, 0.2) is 12.7 Å². The van der Waals surface area contributed by atoms with Crippen molar-refractivity contribution in [2.24, 2.45) is 0 Å². The number of nitrogens with one attached hydrogen (secondary N) is 1. The van der Waals surface area contributed by atoms with E-state index < -0.39 is 62.9 Å². The molecule has 0 saturated heterocycles. The highest BCUT2D eigenvalue weighted by molar-refractivity contribution is 7.91. The average Bonchev–Trinajstić information content (AvgIpc) is 2.58. The number of carbonyl (C=O) groups excluding carboxylic acids is 1. The van der Waals surface area contributed by atoms with Crippen molar-refractivity contribution in [1.29, 1.82) is 0 Å². The van der Waals surface area contributed by atoms with Gasteiger partial charge >= 0.3 is 57.0 Å². The van der Waals surface area contributed by atoms with Crippen LogP contribution in [0.25, 0.3) is 0 Å². The summed E-state index contributed by atoms with van der Waals surface area (Å²) in [5.41, 5.74) is 0. The molecule has 0 saturated carbocycles. The Morgan fingerprint density at radius 1 is 0.576 bits per heavy atom. The lowest BCUT2D eigenvalue weighted by molar-refractivity contribution is -0.458. The fourth-order valence-corrected chi connectivity index (χ4v) is 2.50. The van der Waals surface area contributed by atoms with Crippen molar-refractivity contribution in [3.8, 4) is 0 Å². The van der Waals surface area contributed by atoms with E-state index in [0.29, 0.717) is 0 Å². The van der Waals surface area contributed by atoms with Gasteiger partial charge in [-0.3, -0.25) is 4.79 Å². The predicted molar refractivity (Wildman–Crippen MR) is 67.9 cm³/mol. The minimum atomic E-state index is -8.93. The Labute approximate surface area is 169 Å². The van der Waals surface area contributed by atoms with Gasteiger partial charge in [-0.25, -0.2) is 4.72 Å². The molecule has 33 heavy (non-hydrogen) atoms. The molecule has 0 spiro atoms. The summed E-state index contributed by atoms with van der Waals surface area (Å²) < 4.78 is 242. The fourth-order valence-electron chi connectivity index (χ4n) is 1.56. The molecule has 22 heteroatoms. The minimum absolute atomic E-state index is 0.208. The third-order valence-electron chi connectivity index (χ3n) is 3.45. The molecule has 4 nitrogen and oxygen atoms in total. The number of halogens is 17. The summed E-state index contributed by atoms with van der Waals surface area (Å²) in [7, 11) is -7.63. The molecule has 0 fully saturated rings. The van der Waals surface area contributed by atoms with Crippen molar-refractivity contribution >= 4 is 15.9 Å². The maximum atomic E-state index is 13.4. The molecule has 0 atom stereocenters. The van der Waals surface area contributed by atoms with E-state index in [1.165, 1.54) is 0 Å². The van der Waals surface area contributed by atoms with E-state index in [0.717, 1.165) is 0 Å². The molecule has 0 aromatic carbocycles. The third-order valence-corrected chi connectivity index (χ3v) is 4.85. The lowest BCUT2D eigenvalue weighted by atomic mass is 9.91. The van der Waals surface area contributed by atoms with Gasteiger partial charge in [-0.05, 0) is 6.08 Å². The Morgan fingerprint density at radius 3 is 1.12 bits per heavy atom. The summed E-state index contributed by atoms with van der Waals surface area (Å²) in [5, 5.41) is -7.79. The number of carbonyl (C=O) groups is 1. The van der Waals surface area contributed by atoms with Crippen LogP contribution >= 0.6 is 0 Å². The molecule has 0 aromatic rings. The largest absolute Gasteiger partial charge is 0.460 e. The molecule has 0 aliphatic heterocycles. The van der Waals surface area contributed by atoms with Crippen LogP contribution in [0.5, 0.6) is 0 Å². The maximum absolute atomic E-state index is 13.4. The topological polar surface area (TPSA) is 63.2 Å². The van der Waals surface area contributed by atoms with Crippen molar-refractivity contribution in [3.63, 3.8) is 0 Å². The molecule has 0 heterocycles. The zero-order chi connectivity index (χ0) is 27.5. The van der Waals surface area contributed by atoms with E-state index in [1.807, 2.05) is 0 Å². The SMILES string of the molecule is C=CC(=O)NS(=O)(=O)C(F)(F)C(F)(F)C(F)(F)C(F)(F)C(F)(F)C(F)(F)C(F)(F)C(F)(F)F. The number of sulfonamides is 1. The van der Waals surface area contributed by atoms with Gasteiger partial charge in [0.25, 0.3) is 5.91 Å². The van der Waals surface area contributed by atoms with Crippen LogP contribution in [-0.2, 0) is 14.8 Å². The van der Waals surface area contributed by atoms with Crippen molar-refractivity contribution in [1.82, 2.24) is 4.72 Å². The Morgan fingerprint density at radius 2 is 0.848 bits per heavy atom. The fraction of sp³-hybridized carbons (Fsp3) is 0.727. The normalized spacial score (nSPS) is 15.9. The summed E-state index contributed by atoms with van der Waals surface area (Å²) in [6.45, 7) is 2.36. The van der Waals surface area contributed by atoms with Crippen LogP contribution in [0.1, 0.15) is 0 Å². The molecular formula is C11H4F17NO3S. The molecule has 0 rings (SSSR count). The van der Waals surface area contributed by atoms with E-state index in [2.05, 4.69) is 6.58 Å². The number of hydrogen-bond donors (Lipinski definition) is 1. The van der Waals surface area contributed by atoms with Gasteiger partial charge in [-0.2, -0.15) is 83.1 Å².